The van der Waals surface area contributed by atoms with Gasteiger partial charge in [-0.1, -0.05) is 12.1 Å². The molecule has 1 fully saturated rings. The first-order valence-corrected chi connectivity index (χ1v) is 11.3. The molecule has 3 aromatic carbocycles. The van der Waals surface area contributed by atoms with Crippen LogP contribution in [0.25, 0.3) is 16.9 Å². The molecule has 0 atom stereocenters. The molecule has 0 saturated carbocycles. The third-order valence-electron chi connectivity index (χ3n) is 6.15. The summed E-state index contributed by atoms with van der Waals surface area (Å²) in [7, 11) is 1.60. The molecule has 0 bridgehead atoms. The third kappa shape index (κ3) is 4.59. The van der Waals surface area contributed by atoms with Gasteiger partial charge < -0.3 is 14.5 Å². The monoisotopic (exact) mass is 474 g/mol. The van der Waals surface area contributed by atoms with Crippen molar-refractivity contribution < 1.29 is 18.3 Å². The van der Waals surface area contributed by atoms with Crippen molar-refractivity contribution in [1.29, 1.82) is 0 Å². The quantitative estimate of drug-likeness (QED) is 0.418. The van der Waals surface area contributed by atoms with Crippen molar-refractivity contribution in [2.24, 2.45) is 0 Å². The minimum absolute atomic E-state index is 0.185. The van der Waals surface area contributed by atoms with Crippen LogP contribution in [-0.4, -0.2) is 53.9 Å². The number of hydrogen-bond acceptors (Lipinski definition) is 4. The van der Waals surface area contributed by atoms with Crippen LogP contribution in [0.15, 0.2) is 78.9 Å². The molecule has 6 nitrogen and oxygen atoms in total. The van der Waals surface area contributed by atoms with E-state index < -0.39 is 0 Å². The maximum absolute atomic E-state index is 14.2. The molecule has 0 unspecified atom stereocenters. The number of amides is 1. The number of ether oxygens (including phenoxy) is 1. The fourth-order valence-corrected chi connectivity index (χ4v) is 4.24. The fraction of sp³-hybridized carbons (Fsp3) is 0.185. The summed E-state index contributed by atoms with van der Waals surface area (Å²) in [4.78, 5) is 17.3. The predicted molar refractivity (Wildman–Crippen MR) is 130 cm³/mol. The number of halogens is 2. The summed E-state index contributed by atoms with van der Waals surface area (Å²) >= 11 is 0. The second-order valence-electron chi connectivity index (χ2n) is 8.26. The van der Waals surface area contributed by atoms with Crippen molar-refractivity contribution in [2.75, 3.05) is 38.2 Å². The number of nitrogens with zero attached hydrogens (tertiary/aromatic N) is 4. The van der Waals surface area contributed by atoms with Gasteiger partial charge in [0.05, 0.1) is 24.2 Å². The predicted octanol–water partition coefficient (Wildman–Crippen LogP) is 4.79. The van der Waals surface area contributed by atoms with Crippen molar-refractivity contribution in [3.05, 3.63) is 96.2 Å². The van der Waals surface area contributed by atoms with Crippen LogP contribution in [0.2, 0.25) is 0 Å². The normalized spacial score (nSPS) is 13.7. The number of carbonyl (C=O) groups is 1. The molecule has 1 saturated heterocycles. The molecule has 2 heterocycles. The smallest absolute Gasteiger partial charge is 0.272 e. The highest BCUT2D eigenvalue weighted by Crippen LogP contribution is 2.26. The van der Waals surface area contributed by atoms with Gasteiger partial charge in [0.15, 0.2) is 0 Å². The van der Waals surface area contributed by atoms with E-state index in [9.17, 15) is 13.6 Å². The molecule has 4 aromatic rings. The Labute approximate surface area is 202 Å². The number of piperazine rings is 1. The number of para-hydroxylation sites is 1. The molecule has 178 valence electrons. The van der Waals surface area contributed by atoms with Crippen molar-refractivity contribution in [3.8, 4) is 22.7 Å². The summed E-state index contributed by atoms with van der Waals surface area (Å²) in [6, 6.07) is 21.7. The van der Waals surface area contributed by atoms with Gasteiger partial charge in [0.25, 0.3) is 5.91 Å². The second-order valence-corrected chi connectivity index (χ2v) is 8.26. The summed E-state index contributed by atoms with van der Waals surface area (Å²) in [6.07, 6.45) is 0. The minimum Gasteiger partial charge on any atom is -0.497 e. The van der Waals surface area contributed by atoms with Crippen molar-refractivity contribution in [3.63, 3.8) is 0 Å². The van der Waals surface area contributed by atoms with Crippen LogP contribution in [-0.2, 0) is 0 Å². The lowest BCUT2D eigenvalue weighted by molar-refractivity contribution is 0.0737. The van der Waals surface area contributed by atoms with Crippen LogP contribution in [0, 0.1) is 11.6 Å². The van der Waals surface area contributed by atoms with E-state index in [4.69, 9.17) is 4.74 Å². The van der Waals surface area contributed by atoms with E-state index >= 15 is 0 Å². The van der Waals surface area contributed by atoms with E-state index in [1.807, 2.05) is 29.2 Å². The Hall–Kier alpha value is -4.20. The lowest BCUT2D eigenvalue weighted by Crippen LogP contribution is -2.49. The number of hydrogen-bond donors (Lipinski definition) is 0. The van der Waals surface area contributed by atoms with E-state index in [2.05, 4.69) is 5.10 Å². The molecular formula is C27H24F2N4O2. The number of anilines is 1. The van der Waals surface area contributed by atoms with Gasteiger partial charge in [-0.15, -0.1) is 0 Å². The fourth-order valence-electron chi connectivity index (χ4n) is 4.24. The second kappa shape index (κ2) is 9.58. The zero-order chi connectivity index (χ0) is 24.4. The van der Waals surface area contributed by atoms with Crippen LogP contribution in [0.3, 0.4) is 0 Å². The Balaban J connectivity index is 1.43. The molecule has 1 aromatic heterocycles. The van der Waals surface area contributed by atoms with Gasteiger partial charge in [0.2, 0.25) is 0 Å². The molecule has 1 amide bonds. The zero-order valence-electron chi connectivity index (χ0n) is 19.2. The number of methoxy groups -OCH3 is 1. The van der Waals surface area contributed by atoms with Crippen LogP contribution in [0.1, 0.15) is 10.5 Å². The lowest BCUT2D eigenvalue weighted by Gasteiger charge is -2.36. The number of aromatic nitrogens is 2. The first-order valence-electron chi connectivity index (χ1n) is 11.3. The zero-order valence-corrected chi connectivity index (χ0v) is 19.2. The van der Waals surface area contributed by atoms with E-state index in [1.54, 1.807) is 53.1 Å². The van der Waals surface area contributed by atoms with Crippen molar-refractivity contribution in [1.82, 2.24) is 14.7 Å². The summed E-state index contributed by atoms with van der Waals surface area (Å²) in [5.74, 6) is -0.107. The Morgan fingerprint density at radius 1 is 0.886 bits per heavy atom. The van der Waals surface area contributed by atoms with Crippen LogP contribution in [0.4, 0.5) is 14.5 Å². The third-order valence-corrected chi connectivity index (χ3v) is 6.15. The first-order chi connectivity index (χ1) is 17.0. The number of carbonyl (C=O) groups excluding carboxylic acids is 1. The van der Waals surface area contributed by atoms with Crippen molar-refractivity contribution >= 4 is 11.6 Å². The number of benzene rings is 3. The summed E-state index contributed by atoms with van der Waals surface area (Å²) < 4.78 is 34.5. The van der Waals surface area contributed by atoms with Gasteiger partial charge in [0, 0.05) is 31.7 Å². The van der Waals surface area contributed by atoms with Gasteiger partial charge in [-0.2, -0.15) is 5.10 Å². The van der Waals surface area contributed by atoms with E-state index in [1.165, 1.54) is 18.2 Å². The average Bonchev–Trinajstić information content (AvgIpc) is 3.35. The summed E-state index contributed by atoms with van der Waals surface area (Å²) in [5, 5.41) is 4.67. The molecule has 0 N–H and O–H groups in total. The molecule has 35 heavy (non-hydrogen) atoms. The summed E-state index contributed by atoms with van der Waals surface area (Å²) in [6.45, 7) is 1.92. The Morgan fingerprint density at radius 3 is 2.23 bits per heavy atom. The molecule has 8 heteroatoms. The Morgan fingerprint density at radius 2 is 1.57 bits per heavy atom. The van der Waals surface area contributed by atoms with Gasteiger partial charge in [-0.25, -0.2) is 13.5 Å². The van der Waals surface area contributed by atoms with Crippen LogP contribution < -0.4 is 9.64 Å². The highest BCUT2D eigenvalue weighted by Gasteiger charge is 2.27. The lowest BCUT2D eigenvalue weighted by atomic mass is 10.1. The molecule has 0 spiro atoms. The standard InChI is InChI=1S/C27H24F2N4O2/c1-35-22-12-6-19(7-13-22)24-18-26(33(30-24)21-10-8-20(28)9-11-21)27(34)32-16-14-31(15-17-32)25-5-3-2-4-23(25)29/h2-13,18H,14-17H2,1H3. The van der Waals surface area contributed by atoms with Crippen LogP contribution >= 0.6 is 0 Å². The molecule has 1 aliphatic rings. The summed E-state index contributed by atoms with van der Waals surface area (Å²) in [5.41, 5.74) is 2.94. The molecule has 5 rings (SSSR count). The van der Waals surface area contributed by atoms with E-state index in [0.717, 1.165) is 11.3 Å². The van der Waals surface area contributed by atoms with E-state index in [0.29, 0.717) is 48.9 Å². The molecule has 1 aliphatic heterocycles. The highest BCUT2D eigenvalue weighted by atomic mass is 19.1. The van der Waals surface area contributed by atoms with Gasteiger partial charge >= 0.3 is 0 Å². The first kappa shape index (κ1) is 22.6. The number of rotatable bonds is 5. The minimum atomic E-state index is -0.367. The highest BCUT2D eigenvalue weighted by molar-refractivity contribution is 5.94. The molecule has 0 aliphatic carbocycles. The average molecular weight is 475 g/mol. The largest absolute Gasteiger partial charge is 0.497 e. The van der Waals surface area contributed by atoms with Crippen LogP contribution in [0.5, 0.6) is 5.75 Å². The Kier molecular flexibility index (Phi) is 6.18. The maximum Gasteiger partial charge on any atom is 0.272 e. The SMILES string of the molecule is COc1ccc(-c2cc(C(=O)N3CCN(c4ccccc4F)CC3)n(-c3ccc(F)cc3)n2)cc1. The topological polar surface area (TPSA) is 50.6 Å². The molecular weight excluding hydrogens is 450 g/mol. The maximum atomic E-state index is 14.2. The Bertz CT molecular complexity index is 1330. The van der Waals surface area contributed by atoms with Gasteiger partial charge in [-0.05, 0) is 66.7 Å². The molecule has 0 radical (unpaired) electrons. The van der Waals surface area contributed by atoms with Gasteiger partial charge in [-0.3, -0.25) is 4.79 Å². The van der Waals surface area contributed by atoms with Gasteiger partial charge in [0.1, 0.15) is 23.1 Å². The van der Waals surface area contributed by atoms with Crippen molar-refractivity contribution in [2.45, 2.75) is 0 Å². The van der Waals surface area contributed by atoms with E-state index in [-0.39, 0.29) is 17.5 Å².